The minimum absolute atomic E-state index is 0.0774. The van der Waals surface area contributed by atoms with Gasteiger partial charge in [-0.15, -0.1) is 11.3 Å². The summed E-state index contributed by atoms with van der Waals surface area (Å²) in [5, 5.41) is 4.73. The lowest BCUT2D eigenvalue weighted by molar-refractivity contribution is -0.122. The summed E-state index contributed by atoms with van der Waals surface area (Å²) in [6.07, 6.45) is 1.35. The normalized spacial score (nSPS) is 12.2. The standard InChI is InChI=1S/C20H21N3O4S2/c1-3-18(27-16-8-4-14(2)5-9-16)19(24)22-15-6-10-17(11-7-15)29(25,26)23-20-21-12-13-28-20/h4-13,18H,3H2,1-2H3,(H,21,23)(H,22,24)/t18-/m0/s1. The Morgan fingerprint density at radius 1 is 1.14 bits per heavy atom. The average Bonchev–Trinajstić information content (AvgIpc) is 3.20. The van der Waals surface area contributed by atoms with Crippen molar-refractivity contribution in [3.8, 4) is 5.75 Å². The van der Waals surface area contributed by atoms with Crippen molar-refractivity contribution in [2.24, 2.45) is 0 Å². The van der Waals surface area contributed by atoms with Crippen molar-refractivity contribution >= 4 is 38.1 Å². The van der Waals surface area contributed by atoms with Gasteiger partial charge in [0, 0.05) is 17.3 Å². The van der Waals surface area contributed by atoms with Crippen molar-refractivity contribution in [3.05, 3.63) is 65.7 Å². The van der Waals surface area contributed by atoms with Gasteiger partial charge in [-0.25, -0.2) is 13.4 Å². The second-order valence-electron chi connectivity index (χ2n) is 6.28. The predicted octanol–water partition coefficient (Wildman–Crippen LogP) is 4.05. The summed E-state index contributed by atoms with van der Waals surface area (Å²) in [7, 11) is -3.73. The molecule has 1 heterocycles. The Balaban J connectivity index is 1.64. The number of nitrogens with one attached hydrogen (secondary N) is 2. The van der Waals surface area contributed by atoms with E-state index in [4.69, 9.17) is 4.74 Å². The number of amides is 1. The van der Waals surface area contributed by atoms with E-state index in [1.165, 1.54) is 41.8 Å². The van der Waals surface area contributed by atoms with Crippen molar-refractivity contribution in [1.29, 1.82) is 0 Å². The minimum atomic E-state index is -3.73. The quantitative estimate of drug-likeness (QED) is 0.561. The number of carbonyl (C=O) groups is 1. The molecule has 29 heavy (non-hydrogen) atoms. The van der Waals surface area contributed by atoms with Crippen molar-refractivity contribution in [2.45, 2.75) is 31.3 Å². The first-order valence-electron chi connectivity index (χ1n) is 8.94. The fourth-order valence-electron chi connectivity index (χ4n) is 2.49. The largest absolute Gasteiger partial charge is 0.481 e. The molecule has 1 amide bonds. The molecule has 0 aliphatic carbocycles. The molecule has 3 rings (SSSR count). The summed E-state index contributed by atoms with van der Waals surface area (Å²) in [4.78, 5) is 16.5. The maximum absolute atomic E-state index is 12.5. The van der Waals surface area contributed by atoms with Crippen LogP contribution in [0.5, 0.6) is 5.75 Å². The Morgan fingerprint density at radius 2 is 1.83 bits per heavy atom. The number of nitrogens with zero attached hydrogens (tertiary/aromatic N) is 1. The van der Waals surface area contributed by atoms with Gasteiger partial charge in [-0.2, -0.15) is 0 Å². The van der Waals surface area contributed by atoms with E-state index in [9.17, 15) is 13.2 Å². The highest BCUT2D eigenvalue weighted by molar-refractivity contribution is 7.93. The van der Waals surface area contributed by atoms with Crippen molar-refractivity contribution in [2.75, 3.05) is 10.0 Å². The first-order chi connectivity index (χ1) is 13.9. The van der Waals surface area contributed by atoms with E-state index in [2.05, 4.69) is 15.0 Å². The third kappa shape index (κ3) is 5.55. The van der Waals surface area contributed by atoms with Crippen LogP contribution in [0.15, 0.2) is 65.0 Å². The van der Waals surface area contributed by atoms with Gasteiger partial charge >= 0.3 is 0 Å². The molecule has 0 fully saturated rings. The lowest BCUT2D eigenvalue weighted by Gasteiger charge is -2.17. The molecule has 1 atom stereocenters. The molecule has 0 spiro atoms. The molecule has 1 aromatic heterocycles. The minimum Gasteiger partial charge on any atom is -0.481 e. The molecule has 3 aromatic rings. The molecular formula is C20H21N3O4S2. The second-order valence-corrected chi connectivity index (χ2v) is 8.86. The molecule has 0 bridgehead atoms. The third-order valence-electron chi connectivity index (χ3n) is 4.05. The van der Waals surface area contributed by atoms with Gasteiger partial charge in [-0.05, 0) is 49.7 Å². The van der Waals surface area contributed by atoms with Crippen molar-refractivity contribution < 1.29 is 17.9 Å². The molecule has 9 heteroatoms. The van der Waals surface area contributed by atoms with E-state index in [1.54, 1.807) is 5.38 Å². The zero-order valence-corrected chi connectivity index (χ0v) is 17.6. The average molecular weight is 432 g/mol. The molecule has 0 saturated carbocycles. The summed E-state index contributed by atoms with van der Waals surface area (Å²) in [6.45, 7) is 3.84. The van der Waals surface area contributed by atoms with Gasteiger partial charge in [0.25, 0.3) is 15.9 Å². The molecular weight excluding hydrogens is 410 g/mol. The number of rotatable bonds is 8. The van der Waals surface area contributed by atoms with Crippen LogP contribution in [0.1, 0.15) is 18.9 Å². The number of ether oxygens (including phenoxy) is 1. The van der Waals surface area contributed by atoms with Gasteiger partial charge in [0.05, 0.1) is 4.90 Å². The number of hydrogen-bond acceptors (Lipinski definition) is 6. The highest BCUT2D eigenvalue weighted by Crippen LogP contribution is 2.20. The van der Waals surface area contributed by atoms with E-state index >= 15 is 0 Å². The number of aryl methyl sites for hydroxylation is 1. The number of carbonyl (C=O) groups excluding carboxylic acids is 1. The van der Waals surface area contributed by atoms with Gasteiger partial charge in [0.2, 0.25) is 0 Å². The molecule has 2 N–H and O–H groups in total. The van der Waals surface area contributed by atoms with Gasteiger partial charge in [-0.3, -0.25) is 9.52 Å². The highest BCUT2D eigenvalue weighted by atomic mass is 32.2. The number of sulfonamides is 1. The van der Waals surface area contributed by atoms with Crippen LogP contribution in [0.4, 0.5) is 10.8 Å². The van der Waals surface area contributed by atoms with Gasteiger partial charge in [0.15, 0.2) is 11.2 Å². The zero-order valence-electron chi connectivity index (χ0n) is 16.0. The Bertz CT molecular complexity index is 1050. The first-order valence-corrected chi connectivity index (χ1v) is 11.3. The summed E-state index contributed by atoms with van der Waals surface area (Å²) in [6, 6.07) is 13.4. The summed E-state index contributed by atoms with van der Waals surface area (Å²) in [5.74, 6) is 0.317. The van der Waals surface area contributed by atoms with E-state index in [-0.39, 0.29) is 10.8 Å². The zero-order chi connectivity index (χ0) is 20.9. The Kier molecular flexibility index (Phi) is 6.50. The molecule has 0 unspecified atom stereocenters. The lowest BCUT2D eigenvalue weighted by atomic mass is 10.2. The van der Waals surface area contributed by atoms with E-state index < -0.39 is 16.1 Å². The van der Waals surface area contributed by atoms with Gasteiger partial charge in [-0.1, -0.05) is 24.6 Å². The van der Waals surface area contributed by atoms with Gasteiger partial charge in [0.1, 0.15) is 5.75 Å². The molecule has 0 radical (unpaired) electrons. The van der Waals surface area contributed by atoms with E-state index in [0.717, 1.165) is 5.56 Å². The second kappa shape index (κ2) is 9.06. The van der Waals surface area contributed by atoms with E-state index in [1.807, 2.05) is 38.1 Å². The number of anilines is 2. The maximum Gasteiger partial charge on any atom is 0.265 e. The molecule has 0 aliphatic rings. The van der Waals surface area contributed by atoms with Crippen LogP contribution >= 0.6 is 11.3 Å². The van der Waals surface area contributed by atoms with Crippen LogP contribution in [-0.4, -0.2) is 25.4 Å². The van der Waals surface area contributed by atoms with Crippen LogP contribution in [0.25, 0.3) is 0 Å². The Morgan fingerprint density at radius 3 is 2.41 bits per heavy atom. The highest BCUT2D eigenvalue weighted by Gasteiger charge is 2.20. The monoisotopic (exact) mass is 431 g/mol. The summed E-state index contributed by atoms with van der Waals surface area (Å²) >= 11 is 1.19. The topological polar surface area (TPSA) is 97.4 Å². The number of aromatic nitrogens is 1. The first kappa shape index (κ1) is 20.8. The van der Waals surface area contributed by atoms with Crippen LogP contribution in [0, 0.1) is 6.92 Å². The SMILES string of the molecule is CC[C@H](Oc1ccc(C)cc1)C(=O)Nc1ccc(S(=O)(=O)Nc2nccs2)cc1. The molecule has 0 saturated heterocycles. The molecule has 0 aliphatic heterocycles. The predicted molar refractivity (Wildman–Crippen MR) is 114 cm³/mol. The van der Waals surface area contributed by atoms with Gasteiger partial charge < -0.3 is 10.1 Å². The number of benzene rings is 2. The fourth-order valence-corrected chi connectivity index (χ4v) is 4.28. The molecule has 7 nitrogen and oxygen atoms in total. The fraction of sp³-hybridized carbons (Fsp3) is 0.200. The van der Waals surface area contributed by atoms with Crippen molar-refractivity contribution in [1.82, 2.24) is 4.98 Å². The maximum atomic E-state index is 12.5. The Hall–Kier alpha value is -2.91. The van der Waals surface area contributed by atoms with Crippen LogP contribution in [-0.2, 0) is 14.8 Å². The van der Waals surface area contributed by atoms with Crippen LogP contribution < -0.4 is 14.8 Å². The third-order valence-corrected chi connectivity index (χ3v) is 6.22. The smallest absolute Gasteiger partial charge is 0.265 e. The lowest BCUT2D eigenvalue weighted by Crippen LogP contribution is -2.32. The van der Waals surface area contributed by atoms with E-state index in [0.29, 0.717) is 23.0 Å². The Labute approximate surface area is 173 Å². The number of hydrogen-bond donors (Lipinski definition) is 2. The van der Waals surface area contributed by atoms with Crippen molar-refractivity contribution in [3.63, 3.8) is 0 Å². The summed E-state index contributed by atoms with van der Waals surface area (Å²) < 4.78 is 32.9. The summed E-state index contributed by atoms with van der Waals surface area (Å²) in [5.41, 5.74) is 1.59. The molecule has 152 valence electrons. The van der Waals surface area contributed by atoms with Crippen LogP contribution in [0.3, 0.4) is 0 Å². The number of thiazole rings is 1. The molecule has 2 aromatic carbocycles. The van der Waals surface area contributed by atoms with Crippen LogP contribution in [0.2, 0.25) is 0 Å².